The number of hydrogen-bond acceptors (Lipinski definition) is 8. The van der Waals surface area contributed by atoms with Gasteiger partial charge in [0.25, 0.3) is 0 Å². The molecule has 0 amide bonds. The molecule has 0 saturated carbocycles. The van der Waals surface area contributed by atoms with E-state index < -0.39 is 0 Å². The van der Waals surface area contributed by atoms with E-state index in [-0.39, 0.29) is 11.6 Å². The van der Waals surface area contributed by atoms with Gasteiger partial charge in [-0.15, -0.1) is 22.7 Å². The summed E-state index contributed by atoms with van der Waals surface area (Å²) in [6.45, 7) is 0. The summed E-state index contributed by atoms with van der Waals surface area (Å²) < 4.78 is 51.5. The van der Waals surface area contributed by atoms with Gasteiger partial charge in [-0.05, 0) is 108 Å². The normalized spacial score (nSPS) is 12.1. The highest BCUT2D eigenvalue weighted by atomic mass is 32.1. The summed E-state index contributed by atoms with van der Waals surface area (Å²) in [5, 5.41) is 3.33. The molecule has 0 aliphatic carbocycles. The molecule has 10 rings (SSSR count). The number of furan rings is 2. The first kappa shape index (κ1) is 25.7. The second-order valence-corrected chi connectivity index (χ2v) is 13.1. The first-order chi connectivity index (χ1) is 22.5. The Morgan fingerprint density at radius 3 is 1.35 bits per heavy atom. The topological polar surface area (TPSA) is 78.3 Å². The second kappa shape index (κ2) is 9.46. The van der Waals surface area contributed by atoms with E-state index in [4.69, 9.17) is 27.6 Å². The summed E-state index contributed by atoms with van der Waals surface area (Å²) in [6.07, 6.45) is 0. The minimum Gasteiger partial charge on any atom is -0.455 e. The van der Waals surface area contributed by atoms with Gasteiger partial charge in [0.05, 0.1) is 19.5 Å². The Labute approximate surface area is 264 Å². The van der Waals surface area contributed by atoms with Crippen LogP contribution in [0.15, 0.2) is 115 Å². The van der Waals surface area contributed by atoms with Gasteiger partial charge in [-0.2, -0.15) is 0 Å². The van der Waals surface area contributed by atoms with Gasteiger partial charge in [-0.1, -0.05) is 0 Å². The van der Waals surface area contributed by atoms with Crippen LogP contribution in [-0.2, 0) is 0 Å². The van der Waals surface area contributed by atoms with Crippen molar-refractivity contribution < 1.29 is 26.4 Å². The fourth-order valence-corrected chi connectivity index (χ4v) is 7.52. The Bertz CT molecular complexity index is 2560. The van der Waals surface area contributed by atoms with Crippen LogP contribution in [0.3, 0.4) is 0 Å². The van der Waals surface area contributed by atoms with Gasteiger partial charge in [0.1, 0.15) is 45.4 Å². The van der Waals surface area contributed by atoms with Crippen molar-refractivity contribution in [1.82, 2.24) is 9.97 Å². The zero-order valence-corrected chi connectivity index (χ0v) is 25.0. The Morgan fingerprint density at radius 2 is 0.870 bits per heavy atom. The molecule has 0 bridgehead atoms. The standard InChI is InChI=1S/C36H16F2N2O4S2/c37-21-1-3-25-19(9-21)15-29(41-25)31-5-7-33(45-31)35-39-23-11-17-14-28-24(12-18(17)13-27(23)43-35)40-36(44-28)34-8-6-32(46-34)30-16-20-10-22(38)2-4-26(20)42-30/h1-16H. The maximum Gasteiger partial charge on any atom is 0.237 e. The van der Waals surface area contributed by atoms with Crippen molar-refractivity contribution in [2.45, 2.75) is 0 Å². The molecule has 0 fully saturated rings. The van der Waals surface area contributed by atoms with E-state index in [0.717, 1.165) is 41.3 Å². The van der Waals surface area contributed by atoms with Gasteiger partial charge in [-0.25, -0.2) is 18.7 Å². The fourth-order valence-electron chi connectivity index (χ4n) is 5.75. The predicted molar refractivity (Wildman–Crippen MR) is 176 cm³/mol. The molecule has 10 heteroatoms. The Kier molecular flexibility index (Phi) is 5.29. The molecule has 220 valence electrons. The van der Waals surface area contributed by atoms with Crippen molar-refractivity contribution in [2.24, 2.45) is 0 Å². The molecule has 0 radical (unpaired) electrons. The number of hydrogen-bond donors (Lipinski definition) is 0. The van der Waals surface area contributed by atoms with Crippen LogP contribution in [0.5, 0.6) is 0 Å². The highest BCUT2D eigenvalue weighted by Crippen LogP contribution is 2.40. The highest BCUT2D eigenvalue weighted by Gasteiger charge is 2.18. The molecule has 4 aromatic carbocycles. The molecule has 0 N–H and O–H groups in total. The summed E-state index contributed by atoms with van der Waals surface area (Å²) in [5.41, 5.74) is 4.04. The van der Waals surface area contributed by atoms with Gasteiger partial charge in [0.15, 0.2) is 11.2 Å². The highest BCUT2D eigenvalue weighted by molar-refractivity contribution is 7.19. The number of fused-ring (bicyclic) bond motifs is 5. The lowest BCUT2D eigenvalue weighted by Crippen LogP contribution is -1.76. The molecule has 10 aromatic rings. The summed E-state index contributed by atoms with van der Waals surface area (Å²) in [4.78, 5) is 13.0. The van der Waals surface area contributed by atoms with E-state index in [1.54, 1.807) is 12.1 Å². The molecule has 0 saturated heterocycles. The lowest BCUT2D eigenvalue weighted by molar-refractivity contribution is 0.619. The third-order valence-corrected chi connectivity index (χ3v) is 10.1. The van der Waals surface area contributed by atoms with Gasteiger partial charge in [0.2, 0.25) is 11.8 Å². The summed E-state index contributed by atoms with van der Waals surface area (Å²) >= 11 is 2.99. The molecule has 6 aromatic heterocycles. The van der Waals surface area contributed by atoms with E-state index >= 15 is 0 Å². The SMILES string of the molecule is Fc1ccc2oc(-c3ccc(-c4nc5cc6cc7oc(-c8ccc(-c9cc%10cc(F)ccc%10o9)s8)nc7cc6cc5o4)s3)cc2c1. The predicted octanol–water partition coefficient (Wildman–Crippen LogP) is 11.7. The first-order valence-corrected chi connectivity index (χ1v) is 15.9. The zero-order valence-electron chi connectivity index (χ0n) is 23.3. The van der Waals surface area contributed by atoms with Gasteiger partial charge in [0, 0.05) is 10.8 Å². The van der Waals surface area contributed by atoms with Crippen LogP contribution < -0.4 is 0 Å². The van der Waals surface area contributed by atoms with Gasteiger partial charge < -0.3 is 17.7 Å². The van der Waals surface area contributed by atoms with Crippen LogP contribution in [0, 0.1) is 11.6 Å². The third kappa shape index (κ3) is 4.11. The van der Waals surface area contributed by atoms with Gasteiger partial charge >= 0.3 is 0 Å². The third-order valence-electron chi connectivity index (χ3n) is 7.93. The molecule has 0 unspecified atom stereocenters. The lowest BCUT2D eigenvalue weighted by Gasteiger charge is -1.96. The van der Waals surface area contributed by atoms with Crippen LogP contribution in [0.25, 0.3) is 97.7 Å². The Hall–Kier alpha value is -5.58. The van der Waals surface area contributed by atoms with Crippen molar-refractivity contribution in [3.05, 3.63) is 109 Å². The van der Waals surface area contributed by atoms with E-state index in [1.807, 2.05) is 60.7 Å². The van der Waals surface area contributed by atoms with Crippen LogP contribution in [0.4, 0.5) is 8.78 Å². The van der Waals surface area contributed by atoms with Gasteiger partial charge in [-0.3, -0.25) is 0 Å². The molecule has 6 nitrogen and oxygen atoms in total. The number of benzene rings is 4. The minimum absolute atomic E-state index is 0.300. The monoisotopic (exact) mass is 642 g/mol. The van der Waals surface area contributed by atoms with E-state index in [9.17, 15) is 8.78 Å². The number of nitrogens with zero attached hydrogens (tertiary/aromatic N) is 2. The Balaban J connectivity index is 0.968. The minimum atomic E-state index is -0.300. The van der Waals surface area contributed by atoms with E-state index in [1.165, 1.54) is 46.9 Å². The van der Waals surface area contributed by atoms with Crippen LogP contribution >= 0.6 is 22.7 Å². The Morgan fingerprint density at radius 1 is 0.413 bits per heavy atom. The quantitative estimate of drug-likeness (QED) is 0.190. The van der Waals surface area contributed by atoms with Crippen LogP contribution in [0.1, 0.15) is 0 Å². The molecule has 46 heavy (non-hydrogen) atoms. The number of aromatic nitrogens is 2. The van der Waals surface area contributed by atoms with Crippen LogP contribution in [0.2, 0.25) is 0 Å². The summed E-state index contributed by atoms with van der Waals surface area (Å²) in [7, 11) is 0. The average molecular weight is 643 g/mol. The molecule has 0 spiro atoms. The van der Waals surface area contributed by atoms with Crippen LogP contribution in [-0.4, -0.2) is 9.97 Å². The lowest BCUT2D eigenvalue weighted by atomic mass is 10.1. The molecular weight excluding hydrogens is 627 g/mol. The number of oxazole rings is 2. The molecular formula is C36H16F2N2O4S2. The summed E-state index contributed by atoms with van der Waals surface area (Å²) in [5.74, 6) is 1.75. The zero-order chi connectivity index (χ0) is 30.5. The maximum absolute atomic E-state index is 13.6. The number of rotatable bonds is 4. The maximum atomic E-state index is 13.6. The van der Waals surface area contributed by atoms with Crippen molar-refractivity contribution in [3.63, 3.8) is 0 Å². The van der Waals surface area contributed by atoms with Crippen molar-refractivity contribution >= 4 is 77.6 Å². The van der Waals surface area contributed by atoms with E-state index in [0.29, 0.717) is 56.4 Å². The largest absolute Gasteiger partial charge is 0.455 e. The molecule has 0 aliphatic heterocycles. The molecule has 0 aliphatic rings. The van der Waals surface area contributed by atoms with Crippen molar-refractivity contribution in [2.75, 3.05) is 0 Å². The fraction of sp³-hybridized carbons (Fsp3) is 0. The van der Waals surface area contributed by atoms with E-state index in [2.05, 4.69) is 0 Å². The second-order valence-electron chi connectivity index (χ2n) is 10.9. The van der Waals surface area contributed by atoms with Crippen molar-refractivity contribution in [1.29, 1.82) is 0 Å². The van der Waals surface area contributed by atoms with Crippen molar-refractivity contribution in [3.8, 4) is 42.8 Å². The molecule has 6 heterocycles. The smallest absolute Gasteiger partial charge is 0.237 e. The number of thiophene rings is 2. The average Bonchev–Trinajstić information content (AvgIpc) is 3.87. The first-order valence-electron chi connectivity index (χ1n) is 14.2. The summed E-state index contributed by atoms with van der Waals surface area (Å²) in [6, 6.07) is 28.3. The molecule has 0 atom stereocenters. The number of halogens is 2.